The van der Waals surface area contributed by atoms with E-state index in [0.29, 0.717) is 30.2 Å². The Morgan fingerprint density at radius 1 is 1.11 bits per heavy atom. The Bertz CT molecular complexity index is 349. The van der Waals surface area contributed by atoms with Crippen molar-refractivity contribution in [2.45, 2.75) is 19.9 Å². The predicted octanol–water partition coefficient (Wildman–Crippen LogP) is 1.58. The van der Waals surface area contributed by atoms with Crippen molar-refractivity contribution in [2.75, 3.05) is 33.3 Å². The third-order valence-corrected chi connectivity index (χ3v) is 2.56. The Kier molecular flexibility index (Phi) is 5.64. The molecule has 0 radical (unpaired) electrons. The van der Waals surface area contributed by atoms with Gasteiger partial charge in [0.05, 0.1) is 32.9 Å². The molecule has 0 saturated heterocycles. The second kappa shape index (κ2) is 7.00. The largest absolute Gasteiger partial charge is 0.481 e. The van der Waals surface area contributed by atoms with Crippen LogP contribution in [0.5, 0.6) is 11.8 Å². The van der Waals surface area contributed by atoms with Gasteiger partial charge in [-0.2, -0.15) is 9.97 Å². The van der Waals surface area contributed by atoms with Crippen molar-refractivity contribution < 1.29 is 14.2 Å². The number of anilines is 1. The number of nitrogens with zero attached hydrogens (tertiary/aromatic N) is 2. The van der Waals surface area contributed by atoms with Crippen LogP contribution in [0.25, 0.3) is 0 Å². The fourth-order valence-corrected chi connectivity index (χ4v) is 1.42. The van der Waals surface area contributed by atoms with E-state index in [2.05, 4.69) is 29.1 Å². The Balaban J connectivity index is 2.87. The highest BCUT2D eigenvalue weighted by Gasteiger charge is 2.15. The number of ether oxygens (including phenoxy) is 3. The highest BCUT2D eigenvalue weighted by molar-refractivity contribution is 5.34. The molecule has 18 heavy (non-hydrogen) atoms. The molecule has 102 valence electrons. The number of aromatic nitrogens is 2. The average Bonchev–Trinajstić information content (AvgIpc) is 2.37. The second-order valence-corrected chi connectivity index (χ2v) is 4.23. The molecular formula is C12H21N3O3. The minimum atomic E-state index is 0.131. The number of rotatable bonds is 7. The first-order valence-electron chi connectivity index (χ1n) is 5.83. The summed E-state index contributed by atoms with van der Waals surface area (Å²) < 4.78 is 15.4. The van der Waals surface area contributed by atoms with Gasteiger partial charge in [0.2, 0.25) is 17.7 Å². The fourth-order valence-electron chi connectivity index (χ4n) is 1.42. The molecule has 0 aliphatic heterocycles. The molecule has 1 atom stereocenters. The van der Waals surface area contributed by atoms with Crippen molar-refractivity contribution >= 4 is 5.95 Å². The minimum absolute atomic E-state index is 0.131. The molecule has 0 aliphatic carbocycles. The van der Waals surface area contributed by atoms with Gasteiger partial charge < -0.3 is 19.5 Å². The molecule has 1 N–H and O–H groups in total. The van der Waals surface area contributed by atoms with Gasteiger partial charge in [-0.1, -0.05) is 13.8 Å². The third-order valence-electron chi connectivity index (χ3n) is 2.56. The summed E-state index contributed by atoms with van der Waals surface area (Å²) in [5.41, 5.74) is 0. The molecule has 0 aliphatic rings. The Morgan fingerprint density at radius 2 is 1.67 bits per heavy atom. The number of hydrogen-bond acceptors (Lipinski definition) is 6. The van der Waals surface area contributed by atoms with Crippen molar-refractivity contribution in [1.29, 1.82) is 0 Å². The quantitative estimate of drug-likeness (QED) is 0.798. The predicted molar refractivity (Wildman–Crippen MR) is 69.3 cm³/mol. The van der Waals surface area contributed by atoms with Gasteiger partial charge in [-0.15, -0.1) is 0 Å². The van der Waals surface area contributed by atoms with Crippen molar-refractivity contribution in [3.05, 3.63) is 6.07 Å². The summed E-state index contributed by atoms with van der Waals surface area (Å²) in [5.74, 6) is 1.79. The van der Waals surface area contributed by atoms with E-state index in [9.17, 15) is 0 Å². The molecule has 6 heteroatoms. The van der Waals surface area contributed by atoms with E-state index in [0.717, 1.165) is 0 Å². The number of nitrogens with one attached hydrogen (secondary N) is 1. The molecule has 0 fully saturated rings. The molecular weight excluding hydrogens is 234 g/mol. The van der Waals surface area contributed by atoms with Crippen LogP contribution in [0.1, 0.15) is 13.8 Å². The zero-order valence-electron chi connectivity index (χ0n) is 11.6. The summed E-state index contributed by atoms with van der Waals surface area (Å²) in [5, 5.41) is 3.22. The van der Waals surface area contributed by atoms with Crippen LogP contribution in [0, 0.1) is 5.92 Å². The van der Waals surface area contributed by atoms with E-state index in [1.165, 1.54) is 0 Å². The molecule has 1 unspecified atom stereocenters. The van der Waals surface area contributed by atoms with Crippen LogP contribution >= 0.6 is 0 Å². The normalized spacial score (nSPS) is 12.3. The number of hydrogen-bond donors (Lipinski definition) is 1. The van der Waals surface area contributed by atoms with Crippen molar-refractivity contribution in [1.82, 2.24) is 9.97 Å². The minimum Gasteiger partial charge on any atom is -0.481 e. The highest BCUT2D eigenvalue weighted by Crippen LogP contribution is 2.18. The van der Waals surface area contributed by atoms with Crippen molar-refractivity contribution in [2.24, 2.45) is 5.92 Å². The van der Waals surface area contributed by atoms with Gasteiger partial charge in [0.1, 0.15) is 0 Å². The smallest absolute Gasteiger partial charge is 0.229 e. The average molecular weight is 255 g/mol. The van der Waals surface area contributed by atoms with Gasteiger partial charge in [-0.05, 0) is 5.92 Å². The highest BCUT2D eigenvalue weighted by atomic mass is 16.5. The number of methoxy groups -OCH3 is 3. The maximum Gasteiger partial charge on any atom is 0.229 e. The van der Waals surface area contributed by atoms with Crippen LogP contribution in [-0.4, -0.2) is 43.9 Å². The standard InChI is InChI=1S/C12H21N3O3/c1-8(2)9(7-16-3)13-12-14-10(17-4)6-11(15-12)18-5/h6,8-9H,7H2,1-5H3,(H,13,14,15). The molecule has 6 nitrogen and oxygen atoms in total. The SMILES string of the molecule is COCC(Nc1nc(OC)cc(OC)n1)C(C)C. The van der Waals surface area contributed by atoms with Crippen LogP contribution < -0.4 is 14.8 Å². The zero-order valence-corrected chi connectivity index (χ0v) is 11.6. The van der Waals surface area contributed by atoms with Crippen LogP contribution in [-0.2, 0) is 4.74 Å². The molecule has 1 aromatic rings. The first kappa shape index (κ1) is 14.5. The molecule has 1 heterocycles. The van der Waals surface area contributed by atoms with E-state index in [4.69, 9.17) is 14.2 Å². The van der Waals surface area contributed by atoms with E-state index >= 15 is 0 Å². The molecule has 1 rings (SSSR count). The van der Waals surface area contributed by atoms with E-state index in [1.54, 1.807) is 27.4 Å². The van der Waals surface area contributed by atoms with E-state index in [1.807, 2.05) is 0 Å². The van der Waals surface area contributed by atoms with Crippen LogP contribution in [0.2, 0.25) is 0 Å². The molecule has 0 bridgehead atoms. The van der Waals surface area contributed by atoms with E-state index < -0.39 is 0 Å². The lowest BCUT2D eigenvalue weighted by Gasteiger charge is -2.21. The maximum atomic E-state index is 5.17. The summed E-state index contributed by atoms with van der Waals surface area (Å²) >= 11 is 0. The lowest BCUT2D eigenvalue weighted by Crippen LogP contribution is -2.31. The van der Waals surface area contributed by atoms with Gasteiger partial charge in [-0.3, -0.25) is 0 Å². The van der Waals surface area contributed by atoms with Gasteiger partial charge in [-0.25, -0.2) is 0 Å². The van der Waals surface area contributed by atoms with Crippen molar-refractivity contribution in [3.8, 4) is 11.8 Å². The Labute approximate surface area is 108 Å². The van der Waals surface area contributed by atoms with Gasteiger partial charge >= 0.3 is 0 Å². The topological polar surface area (TPSA) is 65.5 Å². The Hall–Kier alpha value is -1.56. The molecule has 0 saturated carbocycles. The molecule has 0 amide bonds. The van der Waals surface area contributed by atoms with Crippen LogP contribution in [0.4, 0.5) is 5.95 Å². The molecule has 0 aromatic carbocycles. The Morgan fingerprint density at radius 3 is 2.06 bits per heavy atom. The second-order valence-electron chi connectivity index (χ2n) is 4.23. The van der Waals surface area contributed by atoms with Gasteiger partial charge in [0.25, 0.3) is 0 Å². The first-order chi connectivity index (χ1) is 8.60. The molecule has 1 aromatic heterocycles. The monoisotopic (exact) mass is 255 g/mol. The summed E-state index contributed by atoms with van der Waals surface area (Å²) in [6.07, 6.45) is 0. The first-order valence-corrected chi connectivity index (χ1v) is 5.83. The lowest BCUT2D eigenvalue weighted by atomic mass is 10.1. The van der Waals surface area contributed by atoms with Crippen molar-refractivity contribution in [3.63, 3.8) is 0 Å². The summed E-state index contributed by atoms with van der Waals surface area (Å²) in [7, 11) is 4.78. The summed E-state index contributed by atoms with van der Waals surface area (Å²) in [6, 6.07) is 1.76. The van der Waals surface area contributed by atoms with Gasteiger partial charge in [0.15, 0.2) is 0 Å². The van der Waals surface area contributed by atoms with Crippen LogP contribution in [0.3, 0.4) is 0 Å². The third kappa shape index (κ3) is 4.03. The van der Waals surface area contributed by atoms with Crippen LogP contribution in [0.15, 0.2) is 6.07 Å². The fraction of sp³-hybridized carbons (Fsp3) is 0.667. The molecule has 0 spiro atoms. The maximum absolute atomic E-state index is 5.17. The zero-order chi connectivity index (χ0) is 13.5. The van der Waals surface area contributed by atoms with Gasteiger partial charge in [0, 0.05) is 7.11 Å². The van der Waals surface area contributed by atoms with E-state index in [-0.39, 0.29) is 6.04 Å². The summed E-state index contributed by atoms with van der Waals surface area (Å²) in [4.78, 5) is 8.45. The lowest BCUT2D eigenvalue weighted by molar-refractivity contribution is 0.170. The summed E-state index contributed by atoms with van der Waals surface area (Å²) in [6.45, 7) is 4.79.